The Hall–Kier alpha value is -2.65. The van der Waals surface area contributed by atoms with Gasteiger partial charge in [0.15, 0.2) is 5.43 Å². The lowest BCUT2D eigenvalue weighted by Gasteiger charge is -2.32. The minimum Gasteiger partial charge on any atom is -0.353 e. The van der Waals surface area contributed by atoms with Crippen LogP contribution in [-0.2, 0) is 19.0 Å². The van der Waals surface area contributed by atoms with Crippen LogP contribution in [0.2, 0.25) is 0 Å². The zero-order valence-electron chi connectivity index (χ0n) is 19.2. The normalized spacial score (nSPS) is 18.2. The molecule has 0 saturated carbocycles. The van der Waals surface area contributed by atoms with Crippen LogP contribution in [0.4, 0.5) is 19.0 Å². The topological polar surface area (TPSA) is 50.2 Å². The number of anilines is 1. The summed E-state index contributed by atoms with van der Waals surface area (Å²) in [5.41, 5.74) is 0.864. The lowest BCUT2D eigenvalue weighted by atomic mass is 9.97. The molecule has 1 unspecified atom stereocenters. The highest BCUT2D eigenvalue weighted by molar-refractivity contribution is 9.09. The first-order valence-electron chi connectivity index (χ1n) is 11.8. The Morgan fingerprint density at radius 3 is 2.54 bits per heavy atom. The van der Waals surface area contributed by atoms with E-state index in [1.54, 1.807) is 27.7 Å². The third-order valence-corrected chi connectivity index (χ3v) is 7.63. The van der Waals surface area contributed by atoms with Crippen molar-refractivity contribution >= 4 is 32.7 Å². The summed E-state index contributed by atoms with van der Waals surface area (Å²) in [7, 11) is 0. The van der Waals surface area contributed by atoms with E-state index < -0.39 is 11.7 Å². The minimum absolute atomic E-state index is 0.0378. The molecule has 0 spiro atoms. The molecule has 0 radical (unpaired) electrons. The Balaban J connectivity index is 2.01. The molecule has 9 heteroatoms. The van der Waals surface area contributed by atoms with E-state index in [1.807, 2.05) is 18.2 Å². The molecule has 35 heavy (non-hydrogen) atoms. The van der Waals surface area contributed by atoms with Gasteiger partial charge in [-0.25, -0.2) is 4.98 Å². The number of alkyl halides is 4. The highest BCUT2D eigenvalue weighted by Crippen LogP contribution is 2.45. The van der Waals surface area contributed by atoms with E-state index in [1.165, 1.54) is 0 Å². The molecule has 2 aromatic heterocycles. The average molecular weight is 547 g/mol. The van der Waals surface area contributed by atoms with Gasteiger partial charge in [0.05, 0.1) is 16.6 Å². The van der Waals surface area contributed by atoms with Crippen LogP contribution in [0.5, 0.6) is 0 Å². The zero-order chi connectivity index (χ0) is 24.7. The number of aromatic nitrogens is 2. The van der Waals surface area contributed by atoms with Crippen LogP contribution in [0.15, 0.2) is 47.8 Å². The van der Waals surface area contributed by atoms with Gasteiger partial charge < -0.3 is 14.8 Å². The first kappa shape index (κ1) is 24.1. The third kappa shape index (κ3) is 4.08. The molecule has 3 aromatic rings. The Morgan fingerprint density at radius 2 is 1.91 bits per heavy atom. The fourth-order valence-corrected chi connectivity index (χ4v) is 5.97. The molecule has 5 rings (SSSR count). The minimum atomic E-state index is -4.69. The summed E-state index contributed by atoms with van der Waals surface area (Å²) in [4.78, 5) is 20.2. The van der Waals surface area contributed by atoms with Gasteiger partial charge >= 0.3 is 6.18 Å². The Labute approximate surface area is 209 Å². The number of hydrogen-bond donors (Lipinski definition) is 1. The molecular formula is C26H26BrF3N4O. The summed E-state index contributed by atoms with van der Waals surface area (Å²) in [5.74, 6) is -0.101. The van der Waals surface area contributed by atoms with Gasteiger partial charge in [-0.15, -0.1) is 6.58 Å². The van der Waals surface area contributed by atoms with Crippen LogP contribution in [0, 0.1) is 0 Å². The van der Waals surface area contributed by atoms with Crippen molar-refractivity contribution in [3.8, 4) is 11.3 Å². The number of pyridine rings is 2. The second kappa shape index (κ2) is 9.43. The molecule has 5 nitrogen and oxygen atoms in total. The van der Waals surface area contributed by atoms with Crippen molar-refractivity contribution in [3.05, 3.63) is 70.0 Å². The SMILES string of the molecule is C=CCc1c2n(c3c(C(F)(F)F)c(N4CCNCC4)nc(-c4ccccc4)c3c1=O)C(CBr)CC2. The van der Waals surface area contributed by atoms with Crippen molar-refractivity contribution in [2.75, 3.05) is 36.4 Å². The number of halogens is 4. The number of hydrogen-bond acceptors (Lipinski definition) is 4. The quantitative estimate of drug-likeness (QED) is 0.357. The standard InChI is InChI=1S/C26H26BrF3N4O/c1-2-6-18-19-10-9-17(15-27)34(19)23-20(24(18)35)22(16-7-4-3-5-8-16)32-25(21(23)26(28,29)30)33-13-11-31-12-14-33/h2-5,7-8,17,31H,1,6,9-15H2. The Morgan fingerprint density at radius 1 is 1.20 bits per heavy atom. The summed E-state index contributed by atoms with van der Waals surface area (Å²) in [6, 6.07) is 8.84. The van der Waals surface area contributed by atoms with Crippen LogP contribution >= 0.6 is 15.9 Å². The van der Waals surface area contributed by atoms with Crippen LogP contribution in [0.25, 0.3) is 22.2 Å². The van der Waals surface area contributed by atoms with Gasteiger partial charge in [-0.3, -0.25) is 4.79 Å². The molecular weight excluding hydrogens is 521 g/mol. The number of fused-ring (bicyclic) bond motifs is 3. The van der Waals surface area contributed by atoms with Crippen molar-refractivity contribution in [2.45, 2.75) is 31.5 Å². The molecule has 0 amide bonds. The molecule has 1 N–H and O–H groups in total. The number of rotatable bonds is 5. The third-order valence-electron chi connectivity index (χ3n) is 6.89. The van der Waals surface area contributed by atoms with Gasteiger partial charge in [-0.05, 0) is 19.3 Å². The molecule has 1 saturated heterocycles. The number of allylic oxidation sites excluding steroid dienone is 1. The van der Waals surface area contributed by atoms with Crippen molar-refractivity contribution in [1.82, 2.24) is 14.9 Å². The van der Waals surface area contributed by atoms with Gasteiger partial charge in [0.25, 0.3) is 0 Å². The second-order valence-corrected chi connectivity index (χ2v) is 9.59. The van der Waals surface area contributed by atoms with Gasteiger partial charge in [0, 0.05) is 54.4 Å². The summed E-state index contributed by atoms with van der Waals surface area (Å²) >= 11 is 3.51. The lowest BCUT2D eigenvalue weighted by Crippen LogP contribution is -2.45. The zero-order valence-corrected chi connectivity index (χ0v) is 20.8. The first-order chi connectivity index (χ1) is 16.9. The first-order valence-corrected chi connectivity index (χ1v) is 12.9. The van der Waals surface area contributed by atoms with Gasteiger partial charge in [-0.1, -0.05) is 52.3 Å². The Kier molecular flexibility index (Phi) is 6.48. The molecule has 184 valence electrons. The molecule has 1 aromatic carbocycles. The van der Waals surface area contributed by atoms with Crippen LogP contribution in [-0.4, -0.2) is 41.1 Å². The van der Waals surface area contributed by atoms with E-state index in [4.69, 9.17) is 0 Å². The van der Waals surface area contributed by atoms with Crippen molar-refractivity contribution in [2.24, 2.45) is 0 Å². The molecule has 0 aliphatic carbocycles. The van der Waals surface area contributed by atoms with Crippen LogP contribution < -0.4 is 15.6 Å². The summed E-state index contributed by atoms with van der Waals surface area (Å²) in [5, 5.41) is 3.73. The van der Waals surface area contributed by atoms with Gasteiger partial charge in [0.1, 0.15) is 11.4 Å². The van der Waals surface area contributed by atoms with E-state index in [0.29, 0.717) is 73.3 Å². The molecule has 2 aliphatic rings. The predicted octanol–water partition coefficient (Wildman–Crippen LogP) is 5.10. The number of benzene rings is 1. The molecule has 1 fully saturated rings. The van der Waals surface area contributed by atoms with Crippen molar-refractivity contribution in [1.29, 1.82) is 0 Å². The van der Waals surface area contributed by atoms with E-state index >= 15 is 0 Å². The molecule has 1 atom stereocenters. The molecule has 2 aliphatic heterocycles. The van der Waals surface area contributed by atoms with Gasteiger partial charge in [-0.2, -0.15) is 13.2 Å². The fourth-order valence-electron chi connectivity index (χ4n) is 5.36. The summed E-state index contributed by atoms with van der Waals surface area (Å²) in [6.45, 7) is 5.74. The van der Waals surface area contributed by atoms with E-state index in [9.17, 15) is 18.0 Å². The maximum Gasteiger partial charge on any atom is 0.422 e. The van der Waals surface area contributed by atoms with Crippen molar-refractivity contribution < 1.29 is 13.2 Å². The van der Waals surface area contributed by atoms with Crippen LogP contribution in [0.1, 0.15) is 29.3 Å². The van der Waals surface area contributed by atoms with E-state index in [2.05, 4.69) is 32.8 Å². The number of piperazine rings is 1. The number of nitrogens with one attached hydrogen (secondary N) is 1. The fraction of sp³-hybridized carbons (Fsp3) is 0.385. The Bertz CT molecular complexity index is 1330. The average Bonchev–Trinajstić information content (AvgIpc) is 3.30. The number of nitrogens with zero attached hydrogens (tertiary/aromatic N) is 3. The van der Waals surface area contributed by atoms with E-state index in [-0.39, 0.29) is 28.2 Å². The summed E-state index contributed by atoms with van der Waals surface area (Å²) < 4.78 is 46.5. The van der Waals surface area contributed by atoms with E-state index in [0.717, 1.165) is 0 Å². The smallest absolute Gasteiger partial charge is 0.353 e. The highest BCUT2D eigenvalue weighted by atomic mass is 79.9. The maximum absolute atomic E-state index is 14.9. The maximum atomic E-state index is 14.9. The summed E-state index contributed by atoms with van der Waals surface area (Å²) in [6.07, 6.45) is -1.53. The van der Waals surface area contributed by atoms with Crippen LogP contribution in [0.3, 0.4) is 0 Å². The second-order valence-electron chi connectivity index (χ2n) is 8.95. The largest absolute Gasteiger partial charge is 0.422 e. The lowest BCUT2D eigenvalue weighted by molar-refractivity contribution is -0.136. The monoisotopic (exact) mass is 546 g/mol. The van der Waals surface area contributed by atoms with Gasteiger partial charge in [0.2, 0.25) is 0 Å². The molecule has 4 heterocycles. The molecule has 0 bridgehead atoms. The van der Waals surface area contributed by atoms with Crippen molar-refractivity contribution in [3.63, 3.8) is 0 Å². The highest BCUT2D eigenvalue weighted by Gasteiger charge is 2.43. The predicted molar refractivity (Wildman–Crippen MR) is 137 cm³/mol.